The predicted octanol–water partition coefficient (Wildman–Crippen LogP) is 5.98. The van der Waals surface area contributed by atoms with Gasteiger partial charge < -0.3 is 9.88 Å². The third-order valence-corrected chi connectivity index (χ3v) is 6.55. The minimum Gasteiger partial charge on any atom is -0.368 e. The lowest BCUT2D eigenvalue weighted by Crippen LogP contribution is -2.46. The van der Waals surface area contributed by atoms with Crippen molar-refractivity contribution < 1.29 is 0 Å². The Balaban J connectivity index is 1.12. The molecule has 0 aliphatic carbocycles. The van der Waals surface area contributed by atoms with Crippen molar-refractivity contribution in [2.45, 2.75) is 19.3 Å². The Bertz CT molecular complexity index is 1110. The molecule has 0 atom stereocenters. The van der Waals surface area contributed by atoms with Crippen molar-refractivity contribution in [3.8, 4) is 11.1 Å². The molecule has 0 bridgehead atoms. The fourth-order valence-electron chi connectivity index (χ4n) is 4.81. The number of nitrogens with one attached hydrogen (secondary N) is 1. The van der Waals surface area contributed by atoms with Crippen molar-refractivity contribution in [1.29, 1.82) is 0 Å². The minimum absolute atomic E-state index is 1.10. The Morgan fingerprint density at radius 1 is 0.710 bits per heavy atom. The van der Waals surface area contributed by atoms with Crippen molar-refractivity contribution in [2.24, 2.45) is 0 Å². The second kappa shape index (κ2) is 9.40. The fourth-order valence-corrected chi connectivity index (χ4v) is 4.81. The number of rotatable bonds is 7. The quantitative estimate of drug-likeness (QED) is 0.379. The zero-order valence-corrected chi connectivity index (χ0v) is 18.1. The summed E-state index contributed by atoms with van der Waals surface area (Å²) in [5.74, 6) is 0. The van der Waals surface area contributed by atoms with E-state index < -0.39 is 0 Å². The molecule has 1 fully saturated rings. The van der Waals surface area contributed by atoms with Gasteiger partial charge in [-0.1, -0.05) is 66.7 Å². The maximum Gasteiger partial charge on any atom is 0.0456 e. The largest absolute Gasteiger partial charge is 0.368 e. The van der Waals surface area contributed by atoms with E-state index in [9.17, 15) is 0 Å². The first kappa shape index (κ1) is 19.9. The van der Waals surface area contributed by atoms with Gasteiger partial charge in [-0.25, -0.2) is 0 Å². The number of hydrogen-bond acceptors (Lipinski definition) is 2. The molecule has 0 amide bonds. The molecule has 5 rings (SSSR count). The molecule has 1 aliphatic rings. The molecular formula is C28H31N3. The Morgan fingerprint density at radius 2 is 1.45 bits per heavy atom. The average Bonchev–Trinajstić information content (AvgIpc) is 3.26. The maximum absolute atomic E-state index is 3.40. The number of piperazine rings is 1. The smallest absolute Gasteiger partial charge is 0.0456 e. The van der Waals surface area contributed by atoms with Gasteiger partial charge in [0.15, 0.2) is 0 Å². The Hall–Kier alpha value is -3.04. The van der Waals surface area contributed by atoms with E-state index in [0.717, 1.165) is 32.6 Å². The maximum atomic E-state index is 3.40. The number of benzene rings is 3. The summed E-state index contributed by atoms with van der Waals surface area (Å²) in [6.45, 7) is 5.71. The lowest BCUT2D eigenvalue weighted by atomic mass is 10.0. The van der Waals surface area contributed by atoms with Crippen LogP contribution in [0.2, 0.25) is 0 Å². The standard InChI is InChI=1S/C28H31N3/c1-2-10-23(11-3-1)26-14-5-7-16-28(26)31-20-18-30(19-21-31)17-9-8-12-24-22-29-27-15-6-4-13-25(24)27/h1-7,10-11,13-16,22,29H,8-9,12,17-21H2. The van der Waals surface area contributed by atoms with Crippen LogP contribution in [-0.2, 0) is 6.42 Å². The van der Waals surface area contributed by atoms with Gasteiger partial charge in [-0.3, -0.25) is 4.90 Å². The third-order valence-electron chi connectivity index (χ3n) is 6.55. The number of anilines is 1. The van der Waals surface area contributed by atoms with Crippen molar-refractivity contribution in [1.82, 2.24) is 9.88 Å². The normalized spacial score (nSPS) is 14.9. The first-order chi connectivity index (χ1) is 15.4. The van der Waals surface area contributed by atoms with E-state index in [1.165, 1.54) is 52.7 Å². The first-order valence-corrected chi connectivity index (χ1v) is 11.6. The number of unbranched alkanes of at least 4 members (excludes halogenated alkanes) is 1. The molecule has 31 heavy (non-hydrogen) atoms. The van der Waals surface area contributed by atoms with E-state index in [1.807, 2.05) is 0 Å². The monoisotopic (exact) mass is 409 g/mol. The number of nitrogens with zero attached hydrogens (tertiary/aromatic N) is 2. The molecule has 0 spiro atoms. The van der Waals surface area contributed by atoms with E-state index in [1.54, 1.807) is 0 Å². The highest BCUT2D eigenvalue weighted by atomic mass is 15.3. The number of aromatic nitrogens is 1. The molecule has 3 heteroatoms. The van der Waals surface area contributed by atoms with Crippen molar-refractivity contribution in [3.63, 3.8) is 0 Å². The SMILES string of the molecule is c1ccc(-c2ccccc2N2CCN(CCCCc3c[nH]c4ccccc34)CC2)cc1. The highest BCUT2D eigenvalue weighted by Gasteiger charge is 2.19. The number of para-hydroxylation sites is 2. The summed E-state index contributed by atoms with van der Waals surface area (Å²) in [6, 6.07) is 28.2. The van der Waals surface area contributed by atoms with Crippen LogP contribution in [0.1, 0.15) is 18.4 Å². The van der Waals surface area contributed by atoms with Gasteiger partial charge in [-0.05, 0) is 49.1 Å². The van der Waals surface area contributed by atoms with Crippen LogP contribution in [0.25, 0.3) is 22.0 Å². The zero-order chi connectivity index (χ0) is 20.9. The highest BCUT2D eigenvalue weighted by Crippen LogP contribution is 2.31. The summed E-state index contributed by atoms with van der Waals surface area (Å²) in [6.07, 6.45) is 5.86. The number of H-pyrrole nitrogens is 1. The van der Waals surface area contributed by atoms with Crippen LogP contribution >= 0.6 is 0 Å². The van der Waals surface area contributed by atoms with Gasteiger partial charge >= 0.3 is 0 Å². The summed E-state index contributed by atoms with van der Waals surface area (Å²) >= 11 is 0. The van der Waals surface area contributed by atoms with Crippen LogP contribution in [0.3, 0.4) is 0 Å². The zero-order valence-electron chi connectivity index (χ0n) is 18.1. The van der Waals surface area contributed by atoms with Gasteiger partial charge in [0.2, 0.25) is 0 Å². The first-order valence-electron chi connectivity index (χ1n) is 11.6. The van der Waals surface area contributed by atoms with E-state index >= 15 is 0 Å². The average molecular weight is 410 g/mol. The topological polar surface area (TPSA) is 22.3 Å². The van der Waals surface area contributed by atoms with Crippen LogP contribution < -0.4 is 4.90 Å². The van der Waals surface area contributed by atoms with Gasteiger partial charge in [0.05, 0.1) is 0 Å². The second-order valence-electron chi connectivity index (χ2n) is 8.53. The molecule has 3 nitrogen and oxygen atoms in total. The third kappa shape index (κ3) is 4.52. The predicted molar refractivity (Wildman–Crippen MR) is 132 cm³/mol. The molecule has 1 aliphatic heterocycles. The summed E-state index contributed by atoms with van der Waals surface area (Å²) in [5, 5.41) is 1.38. The van der Waals surface area contributed by atoms with Gasteiger partial charge in [-0.2, -0.15) is 0 Å². The minimum atomic E-state index is 1.10. The molecule has 0 radical (unpaired) electrons. The fraction of sp³-hybridized carbons (Fsp3) is 0.286. The molecule has 1 aromatic heterocycles. The van der Waals surface area contributed by atoms with Crippen molar-refractivity contribution >= 4 is 16.6 Å². The number of aryl methyl sites for hydroxylation is 1. The van der Waals surface area contributed by atoms with Crippen molar-refractivity contribution in [2.75, 3.05) is 37.6 Å². The summed E-state index contributed by atoms with van der Waals surface area (Å²) in [7, 11) is 0. The van der Waals surface area contributed by atoms with Gasteiger partial charge in [0.25, 0.3) is 0 Å². The van der Waals surface area contributed by atoms with Crippen LogP contribution in [0.15, 0.2) is 85.1 Å². The summed E-state index contributed by atoms with van der Waals surface area (Å²) < 4.78 is 0. The molecule has 2 heterocycles. The van der Waals surface area contributed by atoms with E-state index in [4.69, 9.17) is 0 Å². The van der Waals surface area contributed by atoms with Crippen LogP contribution in [0.5, 0.6) is 0 Å². The summed E-state index contributed by atoms with van der Waals surface area (Å²) in [5.41, 5.74) is 6.73. The second-order valence-corrected chi connectivity index (χ2v) is 8.53. The van der Waals surface area contributed by atoms with Crippen molar-refractivity contribution in [3.05, 3.63) is 90.6 Å². The van der Waals surface area contributed by atoms with Gasteiger partial charge in [-0.15, -0.1) is 0 Å². The lowest BCUT2D eigenvalue weighted by molar-refractivity contribution is 0.253. The van der Waals surface area contributed by atoms with Gasteiger partial charge in [0.1, 0.15) is 0 Å². The number of fused-ring (bicyclic) bond motifs is 1. The van der Waals surface area contributed by atoms with Crippen LogP contribution in [0.4, 0.5) is 5.69 Å². The molecule has 1 saturated heterocycles. The van der Waals surface area contributed by atoms with Gasteiger partial charge in [0, 0.05) is 54.5 Å². The molecule has 158 valence electrons. The summed E-state index contributed by atoms with van der Waals surface area (Å²) in [4.78, 5) is 8.60. The molecule has 3 aromatic carbocycles. The lowest BCUT2D eigenvalue weighted by Gasteiger charge is -2.37. The number of hydrogen-bond donors (Lipinski definition) is 1. The molecule has 0 saturated carbocycles. The Kier molecular flexibility index (Phi) is 6.03. The molecule has 1 N–H and O–H groups in total. The highest BCUT2D eigenvalue weighted by molar-refractivity contribution is 5.83. The molecular weight excluding hydrogens is 378 g/mol. The Labute approximate surface area is 185 Å². The molecule has 0 unspecified atom stereocenters. The number of aromatic amines is 1. The molecule has 4 aromatic rings. The van der Waals surface area contributed by atoms with Crippen LogP contribution in [-0.4, -0.2) is 42.6 Å². The van der Waals surface area contributed by atoms with Crippen LogP contribution in [0, 0.1) is 0 Å². The van der Waals surface area contributed by atoms with E-state index in [2.05, 4.69) is 99.8 Å². The van der Waals surface area contributed by atoms with E-state index in [-0.39, 0.29) is 0 Å². The van der Waals surface area contributed by atoms with E-state index in [0.29, 0.717) is 0 Å². The Morgan fingerprint density at radius 3 is 2.32 bits per heavy atom.